The maximum Gasteiger partial charge on any atom is 0.433 e. The van der Waals surface area contributed by atoms with E-state index in [0.717, 1.165) is 31.5 Å². The average molecular weight is 533 g/mol. The van der Waals surface area contributed by atoms with Gasteiger partial charge in [0.05, 0.1) is 30.2 Å². The molecule has 0 unspecified atom stereocenters. The largest absolute Gasteiger partial charge is 0.433 e. The Kier molecular flexibility index (Phi) is 7.34. The Balaban J connectivity index is 1.27. The normalized spacial score (nSPS) is 34.1. The molecule has 1 saturated carbocycles. The Bertz CT molecular complexity index is 982. The lowest BCUT2D eigenvalue weighted by atomic mass is 9.78. The third kappa shape index (κ3) is 5.28. The molecule has 0 aromatic carbocycles. The van der Waals surface area contributed by atoms with Gasteiger partial charge in [-0.3, -0.25) is 4.79 Å². The Hall–Kier alpha value is -2.08. The maximum absolute atomic E-state index is 13.8. The number of nitrogens with zero attached hydrogens (tertiary/aromatic N) is 4. The van der Waals surface area contributed by atoms with Crippen molar-refractivity contribution in [3.8, 4) is 0 Å². The summed E-state index contributed by atoms with van der Waals surface area (Å²) >= 11 is 0. The van der Waals surface area contributed by atoms with E-state index >= 15 is 0 Å². The number of amides is 1. The van der Waals surface area contributed by atoms with Crippen LogP contribution in [0.2, 0.25) is 0 Å². The summed E-state index contributed by atoms with van der Waals surface area (Å²) in [6.07, 6.45) is -2.74. The van der Waals surface area contributed by atoms with Crippen LogP contribution in [-0.2, 0) is 20.4 Å². The monoisotopic (exact) mass is 532 g/mol. The molecule has 3 aliphatic heterocycles. The van der Waals surface area contributed by atoms with E-state index in [1.54, 1.807) is 16.9 Å². The fourth-order valence-corrected chi connectivity index (χ4v) is 7.03. The lowest BCUT2D eigenvalue weighted by Gasteiger charge is -2.40. The summed E-state index contributed by atoms with van der Waals surface area (Å²) in [4.78, 5) is 25.0. The van der Waals surface area contributed by atoms with E-state index in [2.05, 4.69) is 9.97 Å². The van der Waals surface area contributed by atoms with E-state index in [9.17, 15) is 26.7 Å². The van der Waals surface area contributed by atoms with E-state index < -0.39 is 30.1 Å². The SMILES string of the molecule is CO[C@@H]1COCC[C@@H]1C[C@H]1CC[C@](CC(F)F)(C(=O)N2C[C@@H]3C[C@H]2CN3c2nccc(C(F)(F)F)n2)C1. The van der Waals surface area contributed by atoms with Crippen LogP contribution in [0.25, 0.3) is 0 Å². The smallest absolute Gasteiger partial charge is 0.379 e. The molecule has 6 atom stereocenters. The Morgan fingerprint density at radius 2 is 2.08 bits per heavy atom. The molecule has 3 saturated heterocycles. The molecule has 4 heterocycles. The van der Waals surface area contributed by atoms with Crippen molar-refractivity contribution in [2.24, 2.45) is 17.3 Å². The van der Waals surface area contributed by atoms with Crippen molar-refractivity contribution in [3.63, 3.8) is 0 Å². The quantitative estimate of drug-likeness (QED) is 0.492. The van der Waals surface area contributed by atoms with E-state index in [-0.39, 0.29) is 48.4 Å². The van der Waals surface area contributed by atoms with Gasteiger partial charge in [-0.1, -0.05) is 0 Å². The highest BCUT2D eigenvalue weighted by Gasteiger charge is 2.54. The molecule has 7 nitrogen and oxygen atoms in total. The molecule has 206 valence electrons. The molecule has 0 N–H and O–H groups in total. The number of anilines is 1. The van der Waals surface area contributed by atoms with Crippen LogP contribution < -0.4 is 4.90 Å². The molecular formula is C25H33F5N4O3. The summed E-state index contributed by atoms with van der Waals surface area (Å²) < 4.78 is 77.9. The van der Waals surface area contributed by atoms with E-state index in [4.69, 9.17) is 9.47 Å². The summed E-state index contributed by atoms with van der Waals surface area (Å²) in [6, 6.07) is 0.341. The molecule has 0 radical (unpaired) electrons. The van der Waals surface area contributed by atoms with Gasteiger partial charge < -0.3 is 19.3 Å². The molecule has 12 heteroatoms. The predicted molar refractivity (Wildman–Crippen MR) is 123 cm³/mol. The van der Waals surface area contributed by atoms with Gasteiger partial charge in [0.1, 0.15) is 5.69 Å². The number of ether oxygens (including phenoxy) is 2. The van der Waals surface area contributed by atoms with Crippen molar-refractivity contribution >= 4 is 11.9 Å². The number of fused-ring (bicyclic) bond motifs is 2. The van der Waals surface area contributed by atoms with Crippen molar-refractivity contribution < 1.29 is 36.2 Å². The first-order chi connectivity index (χ1) is 17.6. The van der Waals surface area contributed by atoms with Crippen molar-refractivity contribution in [3.05, 3.63) is 18.0 Å². The standard InChI is InChI=1S/C25H33F5N4O3/c1-36-19-14-37-7-4-16(19)8-15-2-5-24(10-15,11-21(26)27)22(35)33-12-18-9-17(33)13-34(18)23-31-6-3-20(32-23)25(28,29)30/h3,6,15-19,21H,2,4-5,7-14H2,1H3/t15-,16-,17+,18+,19-,24+/m1/s1. The summed E-state index contributed by atoms with van der Waals surface area (Å²) in [6.45, 7) is 1.76. The van der Waals surface area contributed by atoms with Crippen LogP contribution in [0.15, 0.2) is 12.3 Å². The van der Waals surface area contributed by atoms with Gasteiger partial charge in [-0.2, -0.15) is 13.2 Å². The van der Waals surface area contributed by atoms with E-state index in [1.807, 2.05) is 0 Å². The van der Waals surface area contributed by atoms with Gasteiger partial charge in [-0.05, 0) is 56.4 Å². The Morgan fingerprint density at radius 3 is 2.76 bits per heavy atom. The lowest BCUT2D eigenvalue weighted by Crippen LogP contribution is -2.53. The van der Waals surface area contributed by atoms with Crippen molar-refractivity contribution in [1.29, 1.82) is 0 Å². The van der Waals surface area contributed by atoms with Crippen molar-refractivity contribution in [1.82, 2.24) is 14.9 Å². The molecule has 1 aromatic heterocycles. The zero-order valence-electron chi connectivity index (χ0n) is 20.8. The first kappa shape index (κ1) is 26.5. The van der Waals surface area contributed by atoms with Crippen LogP contribution >= 0.6 is 0 Å². The predicted octanol–water partition coefficient (Wildman–Crippen LogP) is 4.17. The van der Waals surface area contributed by atoms with Crippen molar-refractivity contribution in [2.75, 3.05) is 38.3 Å². The molecule has 4 fully saturated rings. The highest BCUT2D eigenvalue weighted by atomic mass is 19.4. The number of rotatable bonds is 7. The van der Waals surface area contributed by atoms with Gasteiger partial charge >= 0.3 is 6.18 Å². The van der Waals surface area contributed by atoms with Crippen LogP contribution in [0.1, 0.15) is 50.6 Å². The summed E-state index contributed by atoms with van der Waals surface area (Å²) in [7, 11) is 1.65. The minimum Gasteiger partial charge on any atom is -0.379 e. The fraction of sp³-hybridized carbons (Fsp3) is 0.800. The Labute approximate surface area is 212 Å². The number of likely N-dealkylation sites (tertiary alicyclic amines) is 1. The van der Waals surface area contributed by atoms with Crippen molar-refractivity contribution in [2.45, 2.75) is 75.7 Å². The lowest BCUT2D eigenvalue weighted by molar-refractivity contribution is -0.146. The van der Waals surface area contributed by atoms with Crippen LogP contribution in [0, 0.1) is 17.3 Å². The topological polar surface area (TPSA) is 67.8 Å². The summed E-state index contributed by atoms with van der Waals surface area (Å²) in [5.41, 5.74) is -2.12. The molecule has 1 amide bonds. The van der Waals surface area contributed by atoms with Gasteiger partial charge in [-0.25, -0.2) is 18.7 Å². The number of alkyl halides is 5. The molecule has 1 aromatic rings. The highest BCUT2D eigenvalue weighted by molar-refractivity contribution is 5.84. The first-order valence-electron chi connectivity index (χ1n) is 13.0. The molecule has 1 aliphatic carbocycles. The number of carbonyl (C=O) groups excluding carboxylic acids is 1. The number of carbonyl (C=O) groups is 1. The molecule has 0 spiro atoms. The number of methoxy groups -OCH3 is 1. The second kappa shape index (κ2) is 10.2. The van der Waals surface area contributed by atoms with Crippen LogP contribution in [-0.4, -0.2) is 78.8 Å². The second-order valence-electron chi connectivity index (χ2n) is 11.0. The van der Waals surface area contributed by atoms with E-state index in [1.165, 1.54) is 0 Å². The summed E-state index contributed by atoms with van der Waals surface area (Å²) in [5.74, 6) is 0.202. The number of halogens is 5. The minimum atomic E-state index is -4.58. The fourth-order valence-electron chi connectivity index (χ4n) is 7.03. The van der Waals surface area contributed by atoms with Gasteiger partial charge in [0.2, 0.25) is 18.3 Å². The Morgan fingerprint density at radius 1 is 1.27 bits per heavy atom. The number of hydrogen-bond donors (Lipinski definition) is 0. The molecule has 5 rings (SSSR count). The first-order valence-corrected chi connectivity index (χ1v) is 13.0. The van der Waals surface area contributed by atoms with Crippen LogP contribution in [0.3, 0.4) is 0 Å². The number of piperazine rings is 1. The maximum atomic E-state index is 13.8. The zero-order chi connectivity index (χ0) is 26.4. The summed E-state index contributed by atoms with van der Waals surface area (Å²) in [5, 5.41) is 0. The van der Waals surface area contributed by atoms with Gasteiger partial charge in [0.25, 0.3) is 0 Å². The number of hydrogen-bond acceptors (Lipinski definition) is 6. The average Bonchev–Trinajstić information content (AvgIpc) is 3.58. The molecular weight excluding hydrogens is 499 g/mol. The van der Waals surface area contributed by atoms with Gasteiger partial charge in [0, 0.05) is 39.4 Å². The number of aromatic nitrogens is 2. The molecule has 37 heavy (non-hydrogen) atoms. The molecule has 4 aliphatic rings. The van der Waals surface area contributed by atoms with Gasteiger partial charge in [-0.15, -0.1) is 0 Å². The zero-order valence-corrected chi connectivity index (χ0v) is 20.8. The van der Waals surface area contributed by atoms with Crippen LogP contribution in [0.5, 0.6) is 0 Å². The third-order valence-corrected chi connectivity index (χ3v) is 8.78. The van der Waals surface area contributed by atoms with Crippen LogP contribution in [0.4, 0.5) is 27.9 Å². The molecule has 2 bridgehead atoms. The minimum absolute atomic E-state index is 0.0122. The third-order valence-electron chi connectivity index (χ3n) is 8.78. The van der Waals surface area contributed by atoms with E-state index in [0.29, 0.717) is 39.0 Å². The van der Waals surface area contributed by atoms with Gasteiger partial charge in [0.15, 0.2) is 0 Å². The second-order valence-corrected chi connectivity index (χ2v) is 11.0. The highest BCUT2D eigenvalue weighted by Crippen LogP contribution is 2.51.